The van der Waals surface area contributed by atoms with E-state index in [0.717, 1.165) is 13.0 Å². The molecule has 1 aromatic heterocycles. The zero-order valence-electron chi connectivity index (χ0n) is 11.3. The number of nitrogens with zero attached hydrogens (tertiary/aromatic N) is 2. The zero-order valence-corrected chi connectivity index (χ0v) is 11.3. The summed E-state index contributed by atoms with van der Waals surface area (Å²) in [6.45, 7) is 6.98. The highest BCUT2D eigenvalue weighted by atomic mass is 16.5. The van der Waals surface area contributed by atoms with Gasteiger partial charge in [0.05, 0.1) is 19.2 Å². The van der Waals surface area contributed by atoms with E-state index in [9.17, 15) is 4.79 Å². The van der Waals surface area contributed by atoms with Crippen molar-refractivity contribution in [1.82, 2.24) is 9.47 Å². The predicted octanol–water partition coefficient (Wildman–Crippen LogP) is 2.04. The lowest BCUT2D eigenvalue weighted by atomic mass is 10.2. The number of ether oxygens (including phenoxy) is 1. The molecule has 1 aliphatic rings. The third kappa shape index (κ3) is 2.93. The highest BCUT2D eigenvalue weighted by molar-refractivity contribution is 5.76. The van der Waals surface area contributed by atoms with E-state index in [0.29, 0.717) is 26.1 Å². The number of hydrogen-bond donors (Lipinski definition) is 0. The van der Waals surface area contributed by atoms with Crippen LogP contribution in [-0.4, -0.2) is 34.6 Å². The lowest BCUT2D eigenvalue weighted by Gasteiger charge is -2.24. The van der Waals surface area contributed by atoms with Gasteiger partial charge in [0.1, 0.15) is 0 Å². The molecule has 0 saturated carbocycles. The fourth-order valence-corrected chi connectivity index (χ4v) is 2.46. The highest BCUT2D eigenvalue weighted by Gasteiger charge is 2.24. The summed E-state index contributed by atoms with van der Waals surface area (Å²) in [5, 5.41) is 0. The lowest BCUT2D eigenvalue weighted by Crippen LogP contribution is -2.37. The van der Waals surface area contributed by atoms with E-state index in [2.05, 4.69) is 16.8 Å². The fraction of sp³-hybridized carbons (Fsp3) is 0.643. The third-order valence-electron chi connectivity index (χ3n) is 3.32. The zero-order chi connectivity index (χ0) is 13.0. The van der Waals surface area contributed by atoms with Gasteiger partial charge in [0.15, 0.2) is 0 Å². The van der Waals surface area contributed by atoms with Crippen molar-refractivity contribution < 1.29 is 9.53 Å². The second-order valence-electron chi connectivity index (χ2n) is 4.75. The van der Waals surface area contributed by atoms with Gasteiger partial charge in [-0.3, -0.25) is 4.79 Å². The topological polar surface area (TPSA) is 34.5 Å². The van der Waals surface area contributed by atoms with Crippen molar-refractivity contribution >= 4 is 5.91 Å². The van der Waals surface area contributed by atoms with Crippen LogP contribution in [0.25, 0.3) is 0 Å². The van der Waals surface area contributed by atoms with E-state index in [4.69, 9.17) is 4.74 Å². The molecule has 1 atom stereocenters. The first-order chi connectivity index (χ1) is 8.74. The first kappa shape index (κ1) is 13.1. The third-order valence-corrected chi connectivity index (χ3v) is 3.32. The van der Waals surface area contributed by atoms with Crippen molar-refractivity contribution in [3.05, 3.63) is 24.0 Å². The quantitative estimate of drug-likeness (QED) is 0.819. The van der Waals surface area contributed by atoms with E-state index >= 15 is 0 Å². The number of aromatic nitrogens is 1. The molecule has 0 bridgehead atoms. The first-order valence-electron chi connectivity index (χ1n) is 6.78. The summed E-state index contributed by atoms with van der Waals surface area (Å²) in [4.78, 5) is 14.0. The Kier molecular flexibility index (Phi) is 4.42. The van der Waals surface area contributed by atoms with Crippen molar-refractivity contribution in [3.63, 3.8) is 0 Å². The molecule has 0 N–H and O–H groups in total. The first-order valence-corrected chi connectivity index (χ1v) is 6.78. The molecule has 0 spiro atoms. The van der Waals surface area contributed by atoms with Gasteiger partial charge in [-0.05, 0) is 25.5 Å². The monoisotopic (exact) mass is 250 g/mol. The largest absolute Gasteiger partial charge is 0.375 e. The Bertz CT molecular complexity index is 400. The van der Waals surface area contributed by atoms with Crippen LogP contribution in [0.5, 0.6) is 0 Å². The molecule has 0 saturated heterocycles. The number of rotatable bonds is 4. The molecule has 1 aromatic rings. The van der Waals surface area contributed by atoms with Gasteiger partial charge in [-0.15, -0.1) is 0 Å². The van der Waals surface area contributed by atoms with E-state index in [-0.39, 0.29) is 12.0 Å². The molecular formula is C14H22N2O2. The number of fused-ring (bicyclic) bond motifs is 1. The maximum Gasteiger partial charge on any atom is 0.222 e. The molecule has 1 aliphatic heterocycles. The lowest BCUT2D eigenvalue weighted by molar-refractivity contribution is -0.133. The molecule has 2 rings (SSSR count). The molecule has 18 heavy (non-hydrogen) atoms. The fourth-order valence-electron chi connectivity index (χ4n) is 2.46. The van der Waals surface area contributed by atoms with Crippen LogP contribution in [0.15, 0.2) is 18.3 Å². The number of carbonyl (C=O) groups is 1. The van der Waals surface area contributed by atoms with E-state index in [1.54, 1.807) is 0 Å². The maximum atomic E-state index is 12.1. The van der Waals surface area contributed by atoms with Gasteiger partial charge >= 0.3 is 0 Å². The molecule has 1 amide bonds. The van der Waals surface area contributed by atoms with Crippen molar-refractivity contribution in [3.8, 4) is 0 Å². The van der Waals surface area contributed by atoms with Gasteiger partial charge in [-0.25, -0.2) is 0 Å². The Morgan fingerprint density at radius 3 is 3.00 bits per heavy atom. The van der Waals surface area contributed by atoms with Gasteiger partial charge < -0.3 is 14.2 Å². The molecule has 0 aromatic carbocycles. The second kappa shape index (κ2) is 6.05. The van der Waals surface area contributed by atoms with Crippen LogP contribution in [0.2, 0.25) is 0 Å². The van der Waals surface area contributed by atoms with Gasteiger partial charge in [-0.2, -0.15) is 0 Å². The Morgan fingerprint density at radius 2 is 2.28 bits per heavy atom. The molecule has 0 fully saturated rings. The van der Waals surface area contributed by atoms with Crippen LogP contribution in [0.4, 0.5) is 0 Å². The van der Waals surface area contributed by atoms with E-state index in [1.165, 1.54) is 5.69 Å². The SMILES string of the molecule is CCCC(=O)N1Cc2cccn2CC(OCC)C1. The summed E-state index contributed by atoms with van der Waals surface area (Å²) in [6, 6.07) is 4.12. The minimum atomic E-state index is 0.101. The van der Waals surface area contributed by atoms with Crippen LogP contribution in [-0.2, 0) is 22.6 Å². The Labute approximate surface area is 109 Å². The summed E-state index contributed by atoms with van der Waals surface area (Å²) >= 11 is 0. The van der Waals surface area contributed by atoms with Gasteiger partial charge in [-0.1, -0.05) is 6.92 Å². The average molecular weight is 250 g/mol. The minimum absolute atomic E-state index is 0.101. The van der Waals surface area contributed by atoms with E-state index < -0.39 is 0 Å². The Balaban J connectivity index is 2.14. The highest BCUT2D eigenvalue weighted by Crippen LogP contribution is 2.16. The van der Waals surface area contributed by atoms with Crippen LogP contribution in [0.1, 0.15) is 32.4 Å². The maximum absolute atomic E-state index is 12.1. The van der Waals surface area contributed by atoms with Crippen LogP contribution in [0, 0.1) is 0 Å². The van der Waals surface area contributed by atoms with Gasteiger partial charge in [0.2, 0.25) is 5.91 Å². The number of carbonyl (C=O) groups excluding carboxylic acids is 1. The molecule has 4 heteroatoms. The average Bonchev–Trinajstić information content (AvgIpc) is 2.69. The normalized spacial score (nSPS) is 19.4. The Morgan fingerprint density at radius 1 is 1.44 bits per heavy atom. The standard InChI is InChI=1S/C14H22N2O2/c1-3-6-14(17)16-9-12-7-5-8-15(12)10-13(11-16)18-4-2/h5,7-8,13H,3-4,6,9-11H2,1-2H3. The molecule has 0 aliphatic carbocycles. The van der Waals surface area contributed by atoms with Crippen LogP contribution in [0.3, 0.4) is 0 Å². The number of hydrogen-bond acceptors (Lipinski definition) is 2. The summed E-state index contributed by atoms with van der Waals surface area (Å²) in [6.07, 6.45) is 3.69. The molecule has 1 unspecified atom stereocenters. The molecule has 2 heterocycles. The molecule has 4 nitrogen and oxygen atoms in total. The smallest absolute Gasteiger partial charge is 0.222 e. The van der Waals surface area contributed by atoms with Crippen molar-refractivity contribution in [2.24, 2.45) is 0 Å². The summed E-state index contributed by atoms with van der Waals surface area (Å²) in [5.41, 5.74) is 1.20. The van der Waals surface area contributed by atoms with Crippen molar-refractivity contribution in [2.75, 3.05) is 13.2 Å². The molecule has 0 radical (unpaired) electrons. The number of amides is 1. The van der Waals surface area contributed by atoms with Crippen LogP contribution >= 0.6 is 0 Å². The van der Waals surface area contributed by atoms with Gasteiger partial charge in [0.25, 0.3) is 0 Å². The van der Waals surface area contributed by atoms with E-state index in [1.807, 2.05) is 24.8 Å². The van der Waals surface area contributed by atoms with Crippen molar-refractivity contribution in [2.45, 2.75) is 45.9 Å². The second-order valence-corrected chi connectivity index (χ2v) is 4.75. The van der Waals surface area contributed by atoms with Crippen LogP contribution < -0.4 is 0 Å². The van der Waals surface area contributed by atoms with Crippen molar-refractivity contribution in [1.29, 1.82) is 0 Å². The summed E-state index contributed by atoms with van der Waals surface area (Å²) in [5.74, 6) is 0.233. The predicted molar refractivity (Wildman–Crippen MR) is 70.2 cm³/mol. The Hall–Kier alpha value is -1.29. The van der Waals surface area contributed by atoms with Gasteiger partial charge in [0, 0.05) is 31.5 Å². The molecular weight excluding hydrogens is 228 g/mol. The summed E-state index contributed by atoms with van der Waals surface area (Å²) in [7, 11) is 0. The minimum Gasteiger partial charge on any atom is -0.375 e. The molecule has 100 valence electrons. The summed E-state index contributed by atoms with van der Waals surface area (Å²) < 4.78 is 7.93.